The van der Waals surface area contributed by atoms with Gasteiger partial charge in [0.25, 0.3) is 0 Å². The second-order valence-corrected chi connectivity index (χ2v) is 19.2. The lowest BCUT2D eigenvalue weighted by atomic mass is 9.43. The van der Waals surface area contributed by atoms with Crippen LogP contribution in [0.5, 0.6) is 0 Å². The molecule has 0 radical (unpaired) electrons. The molecule has 0 saturated heterocycles. The van der Waals surface area contributed by atoms with Crippen molar-refractivity contribution in [3.63, 3.8) is 0 Å². The summed E-state index contributed by atoms with van der Waals surface area (Å²) >= 11 is 0. The van der Waals surface area contributed by atoms with Gasteiger partial charge in [-0.3, -0.25) is 0 Å². The van der Waals surface area contributed by atoms with E-state index in [1.54, 1.807) is 6.08 Å². The van der Waals surface area contributed by atoms with E-state index in [1.807, 2.05) is 18.2 Å². The summed E-state index contributed by atoms with van der Waals surface area (Å²) in [5.74, 6) is 2.90. The van der Waals surface area contributed by atoms with Crippen LogP contribution in [0, 0.1) is 34.9 Å². The van der Waals surface area contributed by atoms with Crippen molar-refractivity contribution in [2.45, 2.75) is 44.4 Å². The van der Waals surface area contributed by atoms with E-state index in [2.05, 4.69) is 194 Å². The van der Waals surface area contributed by atoms with Crippen LogP contribution in [-0.2, 0) is 5.41 Å². The van der Waals surface area contributed by atoms with Crippen LogP contribution in [0.25, 0.3) is 61.7 Å². The van der Waals surface area contributed by atoms with E-state index < -0.39 is 0 Å². The number of hydrogen-bond donors (Lipinski definition) is 1. The zero-order chi connectivity index (χ0) is 45.3. The maximum Gasteiger partial charge on any atom is 0.123 e. The maximum atomic E-state index is 13.9. The van der Waals surface area contributed by atoms with E-state index in [-0.39, 0.29) is 11.2 Å². The van der Waals surface area contributed by atoms with Gasteiger partial charge in [0.2, 0.25) is 0 Å². The topological polar surface area (TPSA) is 27.1 Å². The van der Waals surface area contributed by atoms with Crippen LogP contribution >= 0.6 is 0 Å². The highest BCUT2D eigenvalue weighted by Crippen LogP contribution is 2.64. The molecule has 3 heteroatoms. The zero-order valence-electron chi connectivity index (χ0n) is 38.0. The van der Waals surface area contributed by atoms with Crippen LogP contribution in [0.4, 0.5) is 21.5 Å². The Kier molecular flexibility index (Phi) is 11.4. The number of rotatable bonds is 12. The molecule has 328 valence electrons. The smallest absolute Gasteiger partial charge is 0.123 e. The molecule has 0 heterocycles. The molecule has 1 N–H and O–H groups in total. The van der Waals surface area contributed by atoms with E-state index in [0.29, 0.717) is 11.8 Å². The molecule has 4 fully saturated rings. The summed E-state index contributed by atoms with van der Waals surface area (Å²) in [6, 6.07) is 68.5. The van der Waals surface area contributed by atoms with Gasteiger partial charge in [-0.05, 0) is 189 Å². The van der Waals surface area contributed by atoms with Gasteiger partial charge in [-0.1, -0.05) is 165 Å². The first-order valence-electron chi connectivity index (χ1n) is 24.0. The number of anilines is 3. The Balaban J connectivity index is 1.03. The molecule has 4 bridgehead atoms. The third kappa shape index (κ3) is 8.18. The first-order chi connectivity index (χ1) is 32.9. The van der Waals surface area contributed by atoms with Crippen LogP contribution in [0.15, 0.2) is 212 Å². The summed E-state index contributed by atoms with van der Waals surface area (Å²) in [6.45, 7) is 2.60. The van der Waals surface area contributed by atoms with Crippen LogP contribution in [0.2, 0.25) is 0 Å². The van der Waals surface area contributed by atoms with E-state index in [1.165, 1.54) is 89.4 Å². The van der Waals surface area contributed by atoms with Crippen molar-refractivity contribution in [1.29, 1.82) is 5.41 Å². The molecule has 0 spiro atoms. The van der Waals surface area contributed by atoms with Gasteiger partial charge in [0.05, 0.1) is 0 Å². The minimum atomic E-state index is -0.239. The second-order valence-electron chi connectivity index (χ2n) is 19.2. The fourth-order valence-corrected chi connectivity index (χ4v) is 12.4. The third-order valence-corrected chi connectivity index (χ3v) is 15.4. The first-order valence-corrected chi connectivity index (χ1v) is 24.0. The Hall–Kier alpha value is -7.36. The highest BCUT2D eigenvalue weighted by atomic mass is 19.1. The molecule has 8 aromatic carbocycles. The Morgan fingerprint density at radius 2 is 1.00 bits per heavy atom. The highest BCUT2D eigenvalue weighted by molar-refractivity contribution is 5.90. The minimum absolute atomic E-state index is 0.0896. The number of hydrogen-bond acceptors (Lipinski definition) is 2. The summed E-state index contributed by atoms with van der Waals surface area (Å²) in [5.41, 5.74) is 17.6. The summed E-state index contributed by atoms with van der Waals surface area (Å²) in [5, 5.41) is 7.55. The molecule has 12 rings (SSSR count). The molecular formula is C64H55FN2. The fraction of sp³-hybridized carbons (Fsp3) is 0.172. The summed E-state index contributed by atoms with van der Waals surface area (Å²) in [4.78, 5) is 2.36. The second kappa shape index (κ2) is 18.1. The van der Waals surface area contributed by atoms with Gasteiger partial charge in [-0.15, -0.1) is 0 Å². The standard InChI is InChI=1S/C64H55FN2/c1-64(54-37-44-36-45(39-54)40-55(64)38-44)63-50(18-9-4-10-35-66)19-13-24-61(63)53-22-11-20-51(41-53)52-21-12-23-58(42-52)67(57-31-27-47(28-32-57)46-25-29-56(65)30-26-46)59-33-34-60(48-14-5-2-6-15-48)62(43-59)49-16-7-3-8-17-49/h2-35,41-45,54-55,66H,36-40H2,1H3/b10-4-,18-9+,66-35?. The van der Waals surface area contributed by atoms with Crippen molar-refractivity contribution in [3.05, 3.63) is 229 Å². The first kappa shape index (κ1) is 42.3. The van der Waals surface area contributed by atoms with Crippen molar-refractivity contribution in [3.8, 4) is 55.6 Å². The number of nitrogens with one attached hydrogen (secondary N) is 1. The predicted molar refractivity (Wildman–Crippen MR) is 280 cm³/mol. The molecule has 4 aliphatic carbocycles. The lowest BCUT2D eigenvalue weighted by Gasteiger charge is -2.61. The third-order valence-electron chi connectivity index (χ3n) is 15.4. The summed E-state index contributed by atoms with van der Waals surface area (Å²) in [6.07, 6.45) is 16.3. The van der Waals surface area contributed by atoms with Crippen LogP contribution in [0.1, 0.15) is 50.2 Å². The van der Waals surface area contributed by atoms with Gasteiger partial charge in [0.15, 0.2) is 0 Å². The molecule has 0 unspecified atom stereocenters. The Labute approximate surface area is 395 Å². The normalized spacial score (nSPS) is 20.7. The predicted octanol–water partition coefficient (Wildman–Crippen LogP) is 17.6. The summed E-state index contributed by atoms with van der Waals surface area (Å²) < 4.78 is 13.9. The SMILES string of the molecule is CC1(c2c(/C=C/C=C\C=N)cccc2-c2cccc(-c3cccc(N(c4ccc(-c5ccc(F)cc5)cc4)c4ccc(-c5ccccc5)c(-c5ccccc5)c4)c3)c2)C2CC3CC(C2)CC1C3. The average molecular weight is 871 g/mol. The van der Waals surface area contributed by atoms with Crippen LogP contribution < -0.4 is 4.90 Å². The van der Waals surface area contributed by atoms with Crippen LogP contribution in [0.3, 0.4) is 0 Å². The van der Waals surface area contributed by atoms with Gasteiger partial charge in [0.1, 0.15) is 5.82 Å². The lowest BCUT2D eigenvalue weighted by molar-refractivity contribution is -0.0521. The van der Waals surface area contributed by atoms with E-state index in [0.717, 1.165) is 56.7 Å². The number of benzene rings is 8. The zero-order valence-corrected chi connectivity index (χ0v) is 38.0. The molecule has 4 saturated carbocycles. The molecule has 4 aliphatic rings. The van der Waals surface area contributed by atoms with E-state index in [9.17, 15) is 4.39 Å². The quantitative estimate of drug-likeness (QED) is 0.0961. The van der Waals surface area contributed by atoms with Gasteiger partial charge >= 0.3 is 0 Å². The van der Waals surface area contributed by atoms with E-state index >= 15 is 0 Å². The van der Waals surface area contributed by atoms with Gasteiger partial charge < -0.3 is 10.3 Å². The molecule has 0 aromatic heterocycles. The van der Waals surface area contributed by atoms with Crippen molar-refractivity contribution in [1.82, 2.24) is 0 Å². The molecule has 67 heavy (non-hydrogen) atoms. The Morgan fingerprint density at radius 3 is 1.67 bits per heavy atom. The van der Waals surface area contributed by atoms with E-state index in [4.69, 9.17) is 5.41 Å². The molecule has 0 aliphatic heterocycles. The highest BCUT2D eigenvalue weighted by Gasteiger charge is 2.56. The Morgan fingerprint density at radius 1 is 0.448 bits per heavy atom. The number of halogens is 1. The molecule has 0 atom stereocenters. The average Bonchev–Trinajstić information content (AvgIpc) is 3.38. The minimum Gasteiger partial charge on any atom is -0.310 e. The van der Waals surface area contributed by atoms with Crippen molar-refractivity contribution >= 4 is 29.4 Å². The van der Waals surface area contributed by atoms with Crippen LogP contribution in [-0.4, -0.2) is 6.21 Å². The monoisotopic (exact) mass is 870 g/mol. The largest absolute Gasteiger partial charge is 0.310 e. The van der Waals surface area contributed by atoms with Crippen molar-refractivity contribution < 1.29 is 4.39 Å². The number of nitrogens with zero attached hydrogens (tertiary/aromatic N) is 1. The van der Waals surface area contributed by atoms with Crippen molar-refractivity contribution in [2.75, 3.05) is 4.90 Å². The maximum absolute atomic E-state index is 13.9. The molecule has 8 aromatic rings. The summed E-state index contributed by atoms with van der Waals surface area (Å²) in [7, 11) is 0. The fourth-order valence-electron chi connectivity index (χ4n) is 12.4. The van der Waals surface area contributed by atoms with Crippen molar-refractivity contribution in [2.24, 2.45) is 23.7 Å². The van der Waals surface area contributed by atoms with Gasteiger partial charge in [0, 0.05) is 23.3 Å². The van der Waals surface area contributed by atoms with Gasteiger partial charge in [-0.25, -0.2) is 4.39 Å². The van der Waals surface area contributed by atoms with Gasteiger partial charge in [-0.2, -0.15) is 0 Å². The molecule has 0 amide bonds. The Bertz CT molecular complexity index is 3080. The molecular weight excluding hydrogens is 816 g/mol. The number of allylic oxidation sites excluding steroid dienone is 3. The lowest BCUT2D eigenvalue weighted by Crippen LogP contribution is -2.54. The molecule has 2 nitrogen and oxygen atoms in total.